The van der Waals surface area contributed by atoms with Crippen LogP contribution in [0.4, 0.5) is 0 Å². The van der Waals surface area contributed by atoms with Crippen molar-refractivity contribution < 1.29 is 24.5 Å². The number of benzene rings is 2. The molecule has 142 valence electrons. The largest absolute Gasteiger partial charge is 0.507 e. The van der Waals surface area contributed by atoms with Gasteiger partial charge in [0.15, 0.2) is 11.5 Å². The van der Waals surface area contributed by atoms with E-state index in [1.165, 1.54) is 37.4 Å². The lowest BCUT2D eigenvalue weighted by molar-refractivity contribution is 0.0926. The molecule has 7 nitrogen and oxygen atoms in total. The Hall–Kier alpha value is -2.64. The number of rotatable bonds is 6. The summed E-state index contributed by atoms with van der Waals surface area (Å²) in [7, 11) is 1.39. The highest BCUT2D eigenvalue weighted by molar-refractivity contribution is 5.97. The minimum absolute atomic E-state index is 0. The first-order valence-corrected chi connectivity index (χ1v) is 7.24. The van der Waals surface area contributed by atoms with Gasteiger partial charge in [0.25, 0.3) is 11.8 Å². The number of hydrogen-bond acceptors (Lipinski definition) is 5. The van der Waals surface area contributed by atoms with E-state index in [9.17, 15) is 19.8 Å². The van der Waals surface area contributed by atoms with Crippen LogP contribution in [0.25, 0.3) is 0 Å². The van der Waals surface area contributed by atoms with Crippen molar-refractivity contribution in [3.63, 3.8) is 0 Å². The van der Waals surface area contributed by atoms with E-state index in [2.05, 4.69) is 10.6 Å². The van der Waals surface area contributed by atoms with Gasteiger partial charge in [-0.15, -0.1) is 24.8 Å². The van der Waals surface area contributed by atoms with Gasteiger partial charge >= 0.3 is 0 Å². The number of para-hydroxylation sites is 1. The molecule has 26 heavy (non-hydrogen) atoms. The van der Waals surface area contributed by atoms with Crippen molar-refractivity contribution in [2.24, 2.45) is 0 Å². The normalized spacial score (nSPS) is 9.27. The number of hydrogen-bond donors (Lipinski definition) is 4. The smallest absolute Gasteiger partial charge is 0.255 e. The number of nitrogens with one attached hydrogen (secondary N) is 2. The van der Waals surface area contributed by atoms with E-state index in [1.54, 1.807) is 12.1 Å². The van der Waals surface area contributed by atoms with E-state index in [0.717, 1.165) is 0 Å². The maximum atomic E-state index is 12.0. The van der Waals surface area contributed by atoms with Crippen molar-refractivity contribution in [3.05, 3.63) is 53.6 Å². The van der Waals surface area contributed by atoms with E-state index in [1.807, 2.05) is 0 Å². The Bertz CT molecular complexity index is 756. The minimum Gasteiger partial charge on any atom is -0.507 e. The summed E-state index contributed by atoms with van der Waals surface area (Å²) < 4.78 is 4.94. The summed E-state index contributed by atoms with van der Waals surface area (Å²) >= 11 is 0. The third kappa shape index (κ3) is 6.02. The molecule has 0 aromatic heterocycles. The number of carbonyl (C=O) groups excluding carboxylic acids is 2. The zero-order chi connectivity index (χ0) is 17.5. The van der Waals surface area contributed by atoms with E-state index >= 15 is 0 Å². The Kier molecular flexibility index (Phi) is 9.94. The molecule has 0 saturated heterocycles. The van der Waals surface area contributed by atoms with Crippen LogP contribution in [0.5, 0.6) is 17.2 Å². The summed E-state index contributed by atoms with van der Waals surface area (Å²) in [5, 5.41) is 24.3. The highest BCUT2D eigenvalue weighted by Crippen LogP contribution is 2.26. The SMILES string of the molecule is COc1cc(C(=O)NCCNC(=O)c2ccccc2O)ccc1O.Cl.Cl. The number of ether oxygens (including phenoxy) is 1. The van der Waals surface area contributed by atoms with Gasteiger partial charge in [0.2, 0.25) is 0 Å². The summed E-state index contributed by atoms with van der Waals surface area (Å²) in [6.45, 7) is 0.412. The number of methoxy groups -OCH3 is 1. The minimum atomic E-state index is -0.423. The van der Waals surface area contributed by atoms with Gasteiger partial charge in [-0.25, -0.2) is 0 Å². The topological polar surface area (TPSA) is 108 Å². The standard InChI is InChI=1S/C17H18N2O5.2ClH/c1-24-15-10-11(6-7-14(15)21)16(22)18-8-9-19-17(23)12-4-2-3-5-13(12)20;;/h2-7,10,20-21H,8-9H2,1H3,(H,18,22)(H,19,23);2*1H. The third-order valence-electron chi connectivity index (χ3n) is 3.29. The predicted octanol–water partition coefficient (Wildman–Crippen LogP) is 2.11. The summed E-state index contributed by atoms with van der Waals surface area (Å²) in [5.74, 6) is -0.728. The second-order valence-corrected chi connectivity index (χ2v) is 4.92. The zero-order valence-corrected chi connectivity index (χ0v) is 15.5. The molecule has 2 aromatic rings. The highest BCUT2D eigenvalue weighted by Gasteiger charge is 2.11. The lowest BCUT2D eigenvalue weighted by Crippen LogP contribution is -2.34. The summed E-state index contributed by atoms with van der Waals surface area (Å²) in [6, 6.07) is 10.5. The molecule has 0 heterocycles. The number of amides is 2. The van der Waals surface area contributed by atoms with Crippen LogP contribution in [0, 0.1) is 0 Å². The molecule has 0 fully saturated rings. The number of carbonyl (C=O) groups is 2. The average molecular weight is 403 g/mol. The molecular weight excluding hydrogens is 383 g/mol. The van der Waals surface area contributed by atoms with Crippen LogP contribution < -0.4 is 15.4 Å². The Morgan fingerprint density at radius 2 is 1.54 bits per heavy atom. The van der Waals surface area contributed by atoms with Crippen LogP contribution in [-0.2, 0) is 0 Å². The van der Waals surface area contributed by atoms with Crippen LogP contribution in [0.15, 0.2) is 42.5 Å². The number of phenolic OH excluding ortho intramolecular Hbond substituents is 2. The molecule has 0 aliphatic rings. The Labute approximate surface area is 163 Å². The molecule has 0 radical (unpaired) electrons. The fourth-order valence-corrected chi connectivity index (χ4v) is 2.03. The molecule has 0 saturated carbocycles. The Morgan fingerprint density at radius 1 is 0.923 bits per heavy atom. The Balaban J connectivity index is 0.00000312. The van der Waals surface area contributed by atoms with E-state index in [-0.39, 0.29) is 66.6 Å². The molecule has 4 N–H and O–H groups in total. The average Bonchev–Trinajstić information content (AvgIpc) is 2.59. The van der Waals surface area contributed by atoms with Crippen LogP contribution in [0.2, 0.25) is 0 Å². The zero-order valence-electron chi connectivity index (χ0n) is 13.9. The molecule has 2 aromatic carbocycles. The van der Waals surface area contributed by atoms with Gasteiger partial charge in [0, 0.05) is 18.7 Å². The molecule has 0 spiro atoms. The van der Waals surface area contributed by atoms with Gasteiger partial charge in [-0.3, -0.25) is 9.59 Å². The maximum absolute atomic E-state index is 12.0. The lowest BCUT2D eigenvalue weighted by atomic mass is 10.2. The fourth-order valence-electron chi connectivity index (χ4n) is 2.03. The summed E-state index contributed by atoms with van der Waals surface area (Å²) in [5.41, 5.74) is 0.503. The van der Waals surface area contributed by atoms with Crippen LogP contribution >= 0.6 is 24.8 Å². The van der Waals surface area contributed by atoms with Crippen LogP contribution in [-0.4, -0.2) is 42.2 Å². The van der Waals surface area contributed by atoms with Gasteiger partial charge in [0.1, 0.15) is 5.75 Å². The molecule has 0 bridgehead atoms. The first-order valence-electron chi connectivity index (χ1n) is 7.24. The summed E-state index contributed by atoms with van der Waals surface area (Å²) in [4.78, 5) is 23.9. The molecule has 2 amide bonds. The summed E-state index contributed by atoms with van der Waals surface area (Å²) in [6.07, 6.45) is 0. The second kappa shape index (κ2) is 11.1. The van der Waals surface area contributed by atoms with Crippen molar-refractivity contribution in [2.45, 2.75) is 0 Å². The van der Waals surface area contributed by atoms with E-state index in [0.29, 0.717) is 5.56 Å². The molecule has 0 unspecified atom stereocenters. The van der Waals surface area contributed by atoms with Gasteiger partial charge < -0.3 is 25.6 Å². The molecular formula is C17H20Cl2N2O5. The molecule has 0 aliphatic carbocycles. The molecule has 2 rings (SSSR count). The fraction of sp³-hybridized carbons (Fsp3) is 0.176. The molecule has 9 heteroatoms. The van der Waals surface area contributed by atoms with Gasteiger partial charge in [-0.2, -0.15) is 0 Å². The second-order valence-electron chi connectivity index (χ2n) is 4.92. The number of halogens is 2. The van der Waals surface area contributed by atoms with Crippen molar-refractivity contribution in [3.8, 4) is 17.2 Å². The van der Waals surface area contributed by atoms with Crippen LogP contribution in [0.1, 0.15) is 20.7 Å². The monoisotopic (exact) mass is 402 g/mol. The molecule has 0 aliphatic heterocycles. The molecule has 0 atom stereocenters. The van der Waals surface area contributed by atoms with Gasteiger partial charge in [-0.05, 0) is 30.3 Å². The van der Waals surface area contributed by atoms with Gasteiger partial charge in [-0.1, -0.05) is 12.1 Å². The third-order valence-corrected chi connectivity index (χ3v) is 3.29. The number of phenols is 2. The lowest BCUT2D eigenvalue weighted by Gasteiger charge is -2.09. The first-order chi connectivity index (χ1) is 11.5. The quantitative estimate of drug-likeness (QED) is 0.553. The maximum Gasteiger partial charge on any atom is 0.255 e. The van der Waals surface area contributed by atoms with Crippen LogP contribution in [0.3, 0.4) is 0 Å². The van der Waals surface area contributed by atoms with E-state index < -0.39 is 5.91 Å². The van der Waals surface area contributed by atoms with Crippen molar-refractivity contribution in [2.75, 3.05) is 20.2 Å². The van der Waals surface area contributed by atoms with Crippen molar-refractivity contribution in [1.29, 1.82) is 0 Å². The van der Waals surface area contributed by atoms with Crippen molar-refractivity contribution in [1.82, 2.24) is 10.6 Å². The number of aromatic hydroxyl groups is 2. The van der Waals surface area contributed by atoms with Crippen molar-refractivity contribution >= 4 is 36.6 Å². The predicted molar refractivity (Wildman–Crippen MR) is 102 cm³/mol. The van der Waals surface area contributed by atoms with E-state index in [4.69, 9.17) is 4.74 Å². The van der Waals surface area contributed by atoms with Gasteiger partial charge in [0.05, 0.1) is 12.7 Å². The first kappa shape index (κ1) is 23.4. The highest BCUT2D eigenvalue weighted by atomic mass is 35.5. The Morgan fingerprint density at radius 3 is 2.15 bits per heavy atom.